The van der Waals surface area contributed by atoms with E-state index in [1.165, 1.54) is 23.3 Å². The maximum atomic E-state index is 13.9. The fourth-order valence-corrected chi connectivity index (χ4v) is 2.23. The van der Waals surface area contributed by atoms with E-state index in [0.717, 1.165) is 6.07 Å². The molecule has 1 N–H and O–H groups in total. The van der Waals surface area contributed by atoms with Crippen LogP contribution in [0.3, 0.4) is 0 Å². The van der Waals surface area contributed by atoms with Crippen LogP contribution in [-0.2, 0) is 13.1 Å². The highest BCUT2D eigenvalue weighted by Gasteiger charge is 2.10. The Balaban J connectivity index is 2.08. The summed E-state index contributed by atoms with van der Waals surface area (Å²) in [4.78, 5) is 12.8. The highest BCUT2D eigenvalue weighted by atomic mass is 19.1. The molecule has 21 heavy (non-hydrogen) atoms. The molecule has 0 amide bonds. The van der Waals surface area contributed by atoms with E-state index in [1.54, 1.807) is 0 Å². The maximum Gasteiger partial charge on any atom is 0.335 e. The zero-order chi connectivity index (χ0) is 15.4. The normalized spacial score (nSPS) is 10.9. The number of halogens is 1. The number of hydrogen-bond acceptors (Lipinski definition) is 2. The van der Waals surface area contributed by atoms with Gasteiger partial charge >= 0.3 is 5.97 Å². The molecule has 110 valence electrons. The number of carbonyl (C=O) groups is 1. The molecule has 0 saturated heterocycles. The van der Waals surface area contributed by atoms with Gasteiger partial charge < -0.3 is 5.11 Å². The third-order valence-electron chi connectivity index (χ3n) is 3.44. The smallest absolute Gasteiger partial charge is 0.335 e. The fraction of sp³-hybridized carbons (Fsp3) is 0.235. The number of aromatic carboxylic acids is 1. The van der Waals surface area contributed by atoms with Gasteiger partial charge in [0.1, 0.15) is 5.82 Å². The highest BCUT2D eigenvalue weighted by molar-refractivity contribution is 5.87. The molecule has 0 heterocycles. The molecule has 0 bridgehead atoms. The molecule has 2 aromatic carbocycles. The van der Waals surface area contributed by atoms with Gasteiger partial charge in [-0.15, -0.1) is 0 Å². The van der Waals surface area contributed by atoms with Crippen molar-refractivity contribution in [2.24, 2.45) is 0 Å². The number of rotatable bonds is 5. The Morgan fingerprint density at radius 3 is 2.43 bits per heavy atom. The molecule has 0 aromatic heterocycles. The molecular formula is C17H18FNO2. The first-order valence-corrected chi connectivity index (χ1v) is 6.72. The van der Waals surface area contributed by atoms with Crippen molar-refractivity contribution in [3.63, 3.8) is 0 Å². The highest BCUT2D eigenvalue weighted by Crippen LogP contribution is 2.15. The summed E-state index contributed by atoms with van der Waals surface area (Å²) in [5.74, 6) is -1.60. The molecule has 0 unspecified atom stereocenters. The first-order valence-electron chi connectivity index (χ1n) is 6.72. The van der Waals surface area contributed by atoms with Crippen LogP contribution in [0.5, 0.6) is 0 Å². The van der Waals surface area contributed by atoms with E-state index in [1.807, 2.05) is 37.1 Å². The second-order valence-electron chi connectivity index (χ2n) is 5.21. The van der Waals surface area contributed by atoms with E-state index in [9.17, 15) is 9.18 Å². The molecule has 0 fully saturated rings. The van der Waals surface area contributed by atoms with E-state index in [0.29, 0.717) is 18.7 Å². The molecule has 0 aliphatic rings. The molecule has 0 atom stereocenters. The number of carboxylic acid groups (broad SMARTS) is 1. The van der Waals surface area contributed by atoms with Crippen molar-refractivity contribution in [2.75, 3.05) is 7.05 Å². The molecule has 4 heteroatoms. The Morgan fingerprint density at radius 1 is 1.14 bits per heavy atom. The molecule has 0 aliphatic heterocycles. The van der Waals surface area contributed by atoms with Crippen molar-refractivity contribution >= 4 is 5.97 Å². The third kappa shape index (κ3) is 3.89. The van der Waals surface area contributed by atoms with E-state index < -0.39 is 11.8 Å². The van der Waals surface area contributed by atoms with Gasteiger partial charge in [0.2, 0.25) is 0 Å². The van der Waals surface area contributed by atoms with Gasteiger partial charge in [0.05, 0.1) is 5.56 Å². The van der Waals surface area contributed by atoms with Crippen LogP contribution < -0.4 is 0 Å². The largest absolute Gasteiger partial charge is 0.478 e. The molecular weight excluding hydrogens is 269 g/mol. The van der Waals surface area contributed by atoms with Crippen molar-refractivity contribution in [3.05, 3.63) is 70.5 Å². The average Bonchev–Trinajstić information content (AvgIpc) is 2.43. The molecule has 2 rings (SSSR count). The minimum absolute atomic E-state index is 0.0298. The number of aryl methyl sites for hydroxylation is 1. The molecule has 0 saturated carbocycles. The minimum atomic E-state index is -1.12. The van der Waals surface area contributed by atoms with Gasteiger partial charge in [-0.2, -0.15) is 0 Å². The lowest BCUT2D eigenvalue weighted by Gasteiger charge is -2.18. The van der Waals surface area contributed by atoms with E-state index in [2.05, 4.69) is 6.07 Å². The predicted molar refractivity (Wildman–Crippen MR) is 79.7 cm³/mol. The van der Waals surface area contributed by atoms with Crippen LogP contribution in [0.2, 0.25) is 0 Å². The molecule has 0 spiro atoms. The van der Waals surface area contributed by atoms with Crippen LogP contribution in [0.1, 0.15) is 27.0 Å². The van der Waals surface area contributed by atoms with Gasteiger partial charge in [-0.25, -0.2) is 9.18 Å². The molecule has 0 aliphatic carbocycles. The van der Waals surface area contributed by atoms with Crippen molar-refractivity contribution in [2.45, 2.75) is 20.0 Å². The Bertz CT molecular complexity index is 655. The average molecular weight is 287 g/mol. The lowest BCUT2D eigenvalue weighted by Crippen LogP contribution is -2.18. The van der Waals surface area contributed by atoms with Crippen LogP contribution in [0.25, 0.3) is 0 Å². The van der Waals surface area contributed by atoms with Crippen LogP contribution in [0.15, 0.2) is 42.5 Å². The van der Waals surface area contributed by atoms with Crippen molar-refractivity contribution in [1.82, 2.24) is 4.90 Å². The topological polar surface area (TPSA) is 40.5 Å². The van der Waals surface area contributed by atoms with Gasteiger partial charge in [-0.1, -0.05) is 30.3 Å². The molecule has 2 aromatic rings. The zero-order valence-corrected chi connectivity index (χ0v) is 12.1. The summed E-state index contributed by atoms with van der Waals surface area (Å²) in [5, 5.41) is 8.83. The van der Waals surface area contributed by atoms with Gasteiger partial charge in [-0.05, 0) is 37.2 Å². The first kappa shape index (κ1) is 15.2. The zero-order valence-electron chi connectivity index (χ0n) is 12.1. The summed E-state index contributed by atoms with van der Waals surface area (Å²) < 4.78 is 13.9. The Kier molecular flexibility index (Phi) is 4.70. The van der Waals surface area contributed by atoms with Gasteiger partial charge in [0, 0.05) is 18.7 Å². The minimum Gasteiger partial charge on any atom is -0.478 e. The summed E-state index contributed by atoms with van der Waals surface area (Å²) in [5.41, 5.74) is 2.86. The maximum absolute atomic E-state index is 13.9. The monoisotopic (exact) mass is 287 g/mol. The summed E-state index contributed by atoms with van der Waals surface area (Å²) in [7, 11) is 1.91. The van der Waals surface area contributed by atoms with Gasteiger partial charge in [0.15, 0.2) is 0 Å². The molecule has 3 nitrogen and oxygen atoms in total. The fourth-order valence-electron chi connectivity index (χ4n) is 2.23. The second kappa shape index (κ2) is 6.50. The number of carboxylic acids is 1. The Morgan fingerprint density at radius 2 is 1.81 bits per heavy atom. The van der Waals surface area contributed by atoms with E-state index >= 15 is 0 Å². The number of nitrogens with zero attached hydrogens (tertiary/aromatic N) is 1. The van der Waals surface area contributed by atoms with Crippen molar-refractivity contribution in [1.29, 1.82) is 0 Å². The molecule has 0 radical (unpaired) electrons. The lowest BCUT2D eigenvalue weighted by atomic mass is 10.1. The lowest BCUT2D eigenvalue weighted by molar-refractivity contribution is 0.0696. The number of hydrogen-bond donors (Lipinski definition) is 1. The second-order valence-corrected chi connectivity index (χ2v) is 5.21. The van der Waals surface area contributed by atoms with Crippen LogP contribution in [0.4, 0.5) is 4.39 Å². The van der Waals surface area contributed by atoms with Crippen LogP contribution in [-0.4, -0.2) is 23.0 Å². The number of benzene rings is 2. The van der Waals surface area contributed by atoms with Crippen LogP contribution >= 0.6 is 0 Å². The Labute approximate surface area is 123 Å². The van der Waals surface area contributed by atoms with E-state index in [-0.39, 0.29) is 5.56 Å². The van der Waals surface area contributed by atoms with Crippen LogP contribution in [0, 0.1) is 12.7 Å². The van der Waals surface area contributed by atoms with Crippen molar-refractivity contribution < 1.29 is 14.3 Å². The summed E-state index contributed by atoms with van der Waals surface area (Å²) >= 11 is 0. The van der Waals surface area contributed by atoms with Gasteiger partial charge in [0.25, 0.3) is 0 Å². The standard InChI is InChI=1S/C17H18FNO2/c1-12-5-3-4-6-14(12)10-19(2)11-15-8-7-13(17(20)21)9-16(15)18/h3-9H,10-11H2,1-2H3,(H,20,21). The van der Waals surface area contributed by atoms with Crippen molar-refractivity contribution in [3.8, 4) is 0 Å². The summed E-state index contributed by atoms with van der Waals surface area (Å²) in [6.45, 7) is 3.19. The quantitative estimate of drug-likeness (QED) is 0.915. The summed E-state index contributed by atoms with van der Waals surface area (Å²) in [6.07, 6.45) is 0. The van der Waals surface area contributed by atoms with E-state index in [4.69, 9.17) is 5.11 Å². The van der Waals surface area contributed by atoms with Gasteiger partial charge in [-0.3, -0.25) is 4.90 Å². The predicted octanol–water partition coefficient (Wildman–Crippen LogP) is 3.46. The SMILES string of the molecule is Cc1ccccc1CN(C)Cc1ccc(C(=O)O)cc1F. The summed E-state index contributed by atoms with van der Waals surface area (Å²) in [6, 6.07) is 12.1. The first-order chi connectivity index (χ1) is 9.97. The third-order valence-corrected chi connectivity index (χ3v) is 3.44. The Hall–Kier alpha value is -2.20.